The van der Waals surface area contributed by atoms with Crippen LogP contribution < -0.4 is 5.73 Å². The van der Waals surface area contributed by atoms with Crippen molar-refractivity contribution in [2.75, 3.05) is 5.73 Å². The second-order valence-electron chi connectivity index (χ2n) is 3.02. The van der Waals surface area contributed by atoms with Crippen LogP contribution in [-0.2, 0) is 0 Å². The van der Waals surface area contributed by atoms with Crippen LogP contribution in [0.4, 0.5) is 5.82 Å². The summed E-state index contributed by atoms with van der Waals surface area (Å²) in [5.74, 6) is 0.495. The van der Waals surface area contributed by atoms with Gasteiger partial charge in [-0.15, -0.1) is 0 Å². The topological polar surface area (TPSA) is 83.4 Å². The van der Waals surface area contributed by atoms with Crippen molar-refractivity contribution in [1.82, 2.24) is 20.4 Å². The lowest BCUT2D eigenvalue weighted by atomic mass is 10.1. The van der Waals surface area contributed by atoms with Crippen LogP contribution >= 0.6 is 0 Å². The molecule has 68 valence electrons. The first-order valence-electron chi connectivity index (χ1n) is 4.01. The Labute approximate surface area is 75.4 Å². The van der Waals surface area contributed by atoms with E-state index in [9.17, 15) is 0 Å². The van der Waals surface area contributed by atoms with Crippen LogP contribution in [0.15, 0.2) is 6.07 Å². The summed E-state index contributed by atoms with van der Waals surface area (Å²) in [7, 11) is 0. The first-order chi connectivity index (χ1) is 6.18. The predicted molar refractivity (Wildman–Crippen MR) is 50.1 cm³/mol. The molecule has 0 fully saturated rings. The molecule has 0 saturated heterocycles. The molecule has 0 aliphatic carbocycles. The van der Waals surface area contributed by atoms with E-state index in [1.54, 1.807) is 6.07 Å². The summed E-state index contributed by atoms with van der Waals surface area (Å²) in [6, 6.07) is 1.80. The molecule has 0 spiro atoms. The molecular weight excluding hydrogens is 166 g/mol. The third kappa shape index (κ3) is 1.18. The Balaban J connectivity index is 2.57. The van der Waals surface area contributed by atoms with Gasteiger partial charge in [-0.3, -0.25) is 10.2 Å². The number of aromatic nitrogens is 4. The van der Waals surface area contributed by atoms with Crippen molar-refractivity contribution >= 4 is 5.82 Å². The quantitative estimate of drug-likeness (QED) is 0.607. The Hall–Kier alpha value is -1.78. The number of H-pyrrole nitrogens is 2. The van der Waals surface area contributed by atoms with Gasteiger partial charge in [0.05, 0.1) is 11.4 Å². The van der Waals surface area contributed by atoms with E-state index in [0.29, 0.717) is 5.82 Å². The van der Waals surface area contributed by atoms with Crippen molar-refractivity contribution in [3.05, 3.63) is 17.5 Å². The van der Waals surface area contributed by atoms with Crippen LogP contribution in [0.3, 0.4) is 0 Å². The third-order valence-corrected chi connectivity index (χ3v) is 2.00. The normalized spacial score (nSPS) is 10.6. The van der Waals surface area contributed by atoms with Crippen molar-refractivity contribution in [3.8, 4) is 11.3 Å². The predicted octanol–water partition coefficient (Wildman–Crippen LogP) is 0.999. The number of hydrogen-bond acceptors (Lipinski definition) is 3. The van der Waals surface area contributed by atoms with E-state index in [0.717, 1.165) is 22.6 Å². The van der Waals surface area contributed by atoms with Gasteiger partial charge in [-0.2, -0.15) is 10.2 Å². The Kier molecular flexibility index (Phi) is 1.58. The van der Waals surface area contributed by atoms with Crippen molar-refractivity contribution in [2.24, 2.45) is 0 Å². The van der Waals surface area contributed by atoms with Crippen LogP contribution in [0.2, 0.25) is 0 Å². The number of nitrogens with two attached hydrogens (primary N) is 1. The van der Waals surface area contributed by atoms with Gasteiger partial charge < -0.3 is 5.73 Å². The summed E-state index contributed by atoms with van der Waals surface area (Å²) in [5, 5.41) is 13.7. The summed E-state index contributed by atoms with van der Waals surface area (Å²) in [6.07, 6.45) is 0. The van der Waals surface area contributed by atoms with Gasteiger partial charge in [-0.1, -0.05) is 0 Å². The average Bonchev–Trinajstić information content (AvgIpc) is 2.60. The number of nitrogens with zero attached hydrogens (tertiary/aromatic N) is 2. The number of aryl methyl sites for hydroxylation is 2. The zero-order valence-electron chi connectivity index (χ0n) is 7.55. The Morgan fingerprint density at radius 2 is 2.00 bits per heavy atom. The zero-order chi connectivity index (χ0) is 9.42. The van der Waals surface area contributed by atoms with Gasteiger partial charge in [0.1, 0.15) is 5.82 Å². The van der Waals surface area contributed by atoms with Gasteiger partial charge in [-0.25, -0.2) is 0 Å². The van der Waals surface area contributed by atoms with Gasteiger partial charge in [0.15, 0.2) is 0 Å². The summed E-state index contributed by atoms with van der Waals surface area (Å²) in [5.41, 5.74) is 9.42. The average molecular weight is 177 g/mol. The summed E-state index contributed by atoms with van der Waals surface area (Å²) in [6.45, 7) is 3.90. The minimum atomic E-state index is 0.495. The maximum atomic E-state index is 5.51. The van der Waals surface area contributed by atoms with Crippen LogP contribution in [0.5, 0.6) is 0 Å². The number of anilines is 1. The molecule has 0 atom stereocenters. The molecular formula is C8H11N5. The van der Waals surface area contributed by atoms with Gasteiger partial charge >= 0.3 is 0 Å². The fraction of sp³-hybridized carbons (Fsp3) is 0.250. The smallest absolute Gasteiger partial charge is 0.145 e. The number of rotatable bonds is 1. The molecule has 0 saturated carbocycles. The maximum Gasteiger partial charge on any atom is 0.145 e. The maximum absolute atomic E-state index is 5.51. The molecule has 2 aromatic heterocycles. The van der Waals surface area contributed by atoms with Crippen LogP contribution in [0.25, 0.3) is 11.3 Å². The highest BCUT2D eigenvalue weighted by Crippen LogP contribution is 2.23. The number of aromatic amines is 2. The van der Waals surface area contributed by atoms with Crippen molar-refractivity contribution < 1.29 is 0 Å². The molecule has 0 amide bonds. The lowest BCUT2D eigenvalue weighted by Gasteiger charge is -1.94. The third-order valence-electron chi connectivity index (χ3n) is 2.00. The van der Waals surface area contributed by atoms with Crippen LogP contribution in [0, 0.1) is 13.8 Å². The number of hydrogen-bond donors (Lipinski definition) is 3. The molecule has 2 aromatic rings. The largest absolute Gasteiger partial charge is 0.382 e. The second-order valence-corrected chi connectivity index (χ2v) is 3.02. The Morgan fingerprint density at radius 1 is 1.23 bits per heavy atom. The molecule has 5 nitrogen and oxygen atoms in total. The summed E-state index contributed by atoms with van der Waals surface area (Å²) < 4.78 is 0. The molecule has 13 heavy (non-hydrogen) atoms. The van der Waals surface area contributed by atoms with Crippen molar-refractivity contribution in [3.63, 3.8) is 0 Å². The Bertz CT molecular complexity index is 406. The molecule has 0 aromatic carbocycles. The van der Waals surface area contributed by atoms with E-state index in [1.807, 2.05) is 13.8 Å². The number of nitrogen functional groups attached to an aromatic ring is 1. The van der Waals surface area contributed by atoms with Crippen LogP contribution in [-0.4, -0.2) is 20.4 Å². The number of nitrogens with one attached hydrogen (secondary N) is 2. The lowest BCUT2D eigenvalue weighted by Crippen LogP contribution is -1.81. The van der Waals surface area contributed by atoms with E-state index in [1.165, 1.54) is 0 Å². The highest BCUT2D eigenvalue weighted by molar-refractivity contribution is 5.66. The van der Waals surface area contributed by atoms with E-state index in [4.69, 9.17) is 5.73 Å². The first-order valence-corrected chi connectivity index (χ1v) is 4.01. The molecule has 0 bridgehead atoms. The molecule has 2 rings (SSSR count). The first kappa shape index (κ1) is 7.85. The highest BCUT2D eigenvalue weighted by atomic mass is 15.2. The molecule has 4 N–H and O–H groups in total. The zero-order valence-corrected chi connectivity index (χ0v) is 7.55. The molecule has 0 radical (unpaired) electrons. The fourth-order valence-electron chi connectivity index (χ4n) is 1.41. The lowest BCUT2D eigenvalue weighted by molar-refractivity contribution is 1.02. The second kappa shape index (κ2) is 2.62. The summed E-state index contributed by atoms with van der Waals surface area (Å²) >= 11 is 0. The highest BCUT2D eigenvalue weighted by Gasteiger charge is 2.10. The van der Waals surface area contributed by atoms with Crippen molar-refractivity contribution in [2.45, 2.75) is 13.8 Å². The van der Waals surface area contributed by atoms with E-state index in [2.05, 4.69) is 20.4 Å². The molecule has 5 heteroatoms. The van der Waals surface area contributed by atoms with Gasteiger partial charge in [-0.05, 0) is 13.8 Å². The molecule has 0 aliphatic rings. The van der Waals surface area contributed by atoms with E-state index < -0.39 is 0 Å². The molecule has 0 aliphatic heterocycles. The van der Waals surface area contributed by atoms with E-state index >= 15 is 0 Å². The summed E-state index contributed by atoms with van der Waals surface area (Å²) in [4.78, 5) is 0. The van der Waals surface area contributed by atoms with E-state index in [-0.39, 0.29) is 0 Å². The molecule has 0 unspecified atom stereocenters. The van der Waals surface area contributed by atoms with Crippen molar-refractivity contribution in [1.29, 1.82) is 0 Å². The standard InChI is InChI=1S/C8H11N5/c1-4-8(5(2)11-10-4)6-3-7(9)13-12-6/h3H,1-2H3,(H,10,11)(H3,9,12,13). The van der Waals surface area contributed by atoms with Gasteiger partial charge in [0.25, 0.3) is 0 Å². The monoisotopic (exact) mass is 177 g/mol. The minimum Gasteiger partial charge on any atom is -0.382 e. The van der Waals surface area contributed by atoms with Gasteiger partial charge in [0.2, 0.25) is 0 Å². The van der Waals surface area contributed by atoms with Crippen LogP contribution in [0.1, 0.15) is 11.4 Å². The minimum absolute atomic E-state index is 0.495. The fourth-order valence-corrected chi connectivity index (χ4v) is 1.41. The van der Waals surface area contributed by atoms with Gasteiger partial charge in [0, 0.05) is 17.3 Å². The Morgan fingerprint density at radius 3 is 2.46 bits per heavy atom. The molecule has 2 heterocycles. The SMILES string of the molecule is Cc1n[nH]c(C)c1-c1cc(N)n[nH]1.